The highest BCUT2D eigenvalue weighted by Crippen LogP contribution is 2.17. The van der Waals surface area contributed by atoms with Crippen LogP contribution >= 0.6 is 0 Å². The van der Waals surface area contributed by atoms with E-state index in [1.807, 2.05) is 13.8 Å². The summed E-state index contributed by atoms with van der Waals surface area (Å²) in [6.45, 7) is 8.86. The second-order valence-electron chi connectivity index (χ2n) is 7.13. The van der Waals surface area contributed by atoms with Gasteiger partial charge in [0.1, 0.15) is 17.3 Å². The Kier molecular flexibility index (Phi) is 7.16. The van der Waals surface area contributed by atoms with Crippen molar-refractivity contribution in [3.63, 3.8) is 0 Å². The normalized spacial score (nSPS) is 10.9. The number of carbonyl (C=O) groups is 2. The van der Waals surface area contributed by atoms with Gasteiger partial charge in [-0.2, -0.15) is 0 Å². The average Bonchev–Trinajstić information content (AvgIpc) is 2.95. The highest BCUT2D eigenvalue weighted by molar-refractivity contribution is 5.95. The summed E-state index contributed by atoms with van der Waals surface area (Å²) in [5.41, 5.74) is 1.37. The quantitative estimate of drug-likeness (QED) is 0.764. The molecule has 2 amide bonds. The lowest BCUT2D eigenvalue weighted by Gasteiger charge is -2.24. The van der Waals surface area contributed by atoms with Crippen molar-refractivity contribution >= 4 is 11.8 Å². The van der Waals surface area contributed by atoms with Crippen LogP contribution in [0, 0.1) is 25.6 Å². The van der Waals surface area contributed by atoms with Crippen LogP contribution in [0.25, 0.3) is 0 Å². The highest BCUT2D eigenvalue weighted by atomic mass is 19.1. The van der Waals surface area contributed by atoms with E-state index in [1.54, 1.807) is 36.9 Å². The molecule has 1 aromatic carbocycles. The third-order valence-corrected chi connectivity index (χ3v) is 4.16. The first-order valence-electron chi connectivity index (χ1n) is 9.13. The van der Waals surface area contributed by atoms with Gasteiger partial charge in [0.05, 0.1) is 5.56 Å². The summed E-state index contributed by atoms with van der Waals surface area (Å²) in [6, 6.07) is 7.72. The number of hydrogen-bond donors (Lipinski definition) is 1. The van der Waals surface area contributed by atoms with Crippen molar-refractivity contribution in [3.8, 4) is 0 Å². The molecule has 2 aromatic rings. The Labute approximate surface area is 159 Å². The number of aryl methyl sites for hydroxylation is 2. The molecule has 0 bridgehead atoms. The number of carbonyl (C=O) groups excluding carboxylic acids is 2. The second-order valence-corrected chi connectivity index (χ2v) is 7.13. The van der Waals surface area contributed by atoms with Crippen LogP contribution in [-0.4, -0.2) is 29.8 Å². The lowest BCUT2D eigenvalue weighted by atomic mass is 10.1. The van der Waals surface area contributed by atoms with Crippen molar-refractivity contribution in [2.45, 2.75) is 40.7 Å². The fourth-order valence-corrected chi connectivity index (χ4v) is 2.86. The van der Waals surface area contributed by atoms with Gasteiger partial charge >= 0.3 is 0 Å². The topological polar surface area (TPSA) is 62.6 Å². The minimum Gasteiger partial charge on any atom is -0.466 e. The van der Waals surface area contributed by atoms with Crippen LogP contribution in [0.1, 0.15) is 47.7 Å². The van der Waals surface area contributed by atoms with E-state index in [9.17, 15) is 14.0 Å². The van der Waals surface area contributed by atoms with E-state index in [0.29, 0.717) is 36.7 Å². The van der Waals surface area contributed by atoms with Crippen LogP contribution in [0.2, 0.25) is 0 Å². The largest absolute Gasteiger partial charge is 0.466 e. The van der Waals surface area contributed by atoms with Crippen molar-refractivity contribution < 1.29 is 18.4 Å². The Morgan fingerprint density at radius 2 is 1.85 bits per heavy atom. The smallest absolute Gasteiger partial charge is 0.257 e. The summed E-state index contributed by atoms with van der Waals surface area (Å²) in [7, 11) is 0. The van der Waals surface area contributed by atoms with E-state index >= 15 is 0 Å². The maximum atomic E-state index is 12.9. The predicted molar refractivity (Wildman–Crippen MR) is 102 cm³/mol. The number of nitrogens with zero attached hydrogens (tertiary/aromatic N) is 1. The zero-order valence-electron chi connectivity index (χ0n) is 16.3. The molecule has 0 saturated carbocycles. The molecule has 0 aliphatic rings. The molecule has 0 aliphatic carbocycles. The first-order valence-corrected chi connectivity index (χ1v) is 9.13. The molecule has 146 valence electrons. The summed E-state index contributed by atoms with van der Waals surface area (Å²) in [6.07, 6.45) is 0.204. The van der Waals surface area contributed by atoms with E-state index in [1.165, 1.54) is 12.1 Å². The molecule has 0 unspecified atom stereocenters. The number of benzene rings is 1. The number of furan rings is 1. The summed E-state index contributed by atoms with van der Waals surface area (Å²) in [5.74, 6) is 0.983. The van der Waals surface area contributed by atoms with Crippen molar-refractivity contribution in [2.75, 3.05) is 13.1 Å². The lowest BCUT2D eigenvalue weighted by Crippen LogP contribution is -2.37. The Morgan fingerprint density at radius 3 is 2.41 bits per heavy atom. The maximum absolute atomic E-state index is 12.9. The Balaban J connectivity index is 1.93. The summed E-state index contributed by atoms with van der Waals surface area (Å²) < 4.78 is 18.4. The van der Waals surface area contributed by atoms with Gasteiger partial charge in [0.15, 0.2) is 0 Å². The molecule has 0 atom stereocenters. The molecule has 27 heavy (non-hydrogen) atoms. The molecule has 1 aromatic heterocycles. The molecule has 0 spiro atoms. The van der Waals surface area contributed by atoms with E-state index < -0.39 is 0 Å². The standard InChI is InChI=1S/C21H27FN2O3/c1-14(2)13-24(21(26)19-11-15(3)27-16(19)4)10-9-20(25)23-12-17-5-7-18(22)8-6-17/h5-8,11,14H,9-10,12-13H2,1-4H3,(H,23,25). The molecule has 0 radical (unpaired) electrons. The monoisotopic (exact) mass is 374 g/mol. The molecule has 0 aliphatic heterocycles. The molecular formula is C21H27FN2O3. The van der Waals surface area contributed by atoms with E-state index in [-0.39, 0.29) is 30.0 Å². The molecule has 5 nitrogen and oxygen atoms in total. The molecule has 6 heteroatoms. The van der Waals surface area contributed by atoms with Gasteiger partial charge in [-0.3, -0.25) is 9.59 Å². The zero-order valence-corrected chi connectivity index (χ0v) is 16.3. The number of nitrogens with one attached hydrogen (secondary N) is 1. The van der Waals surface area contributed by atoms with Crippen molar-refractivity contribution in [1.82, 2.24) is 10.2 Å². The number of amides is 2. The lowest BCUT2D eigenvalue weighted by molar-refractivity contribution is -0.121. The second kappa shape index (κ2) is 9.35. The van der Waals surface area contributed by atoms with Crippen LogP contribution in [-0.2, 0) is 11.3 Å². The van der Waals surface area contributed by atoms with Gasteiger partial charge in [-0.25, -0.2) is 4.39 Å². The minimum absolute atomic E-state index is 0.121. The van der Waals surface area contributed by atoms with Gasteiger partial charge in [-0.1, -0.05) is 26.0 Å². The van der Waals surface area contributed by atoms with Crippen molar-refractivity contribution in [3.05, 3.63) is 58.8 Å². The van der Waals surface area contributed by atoms with Gasteiger partial charge in [-0.15, -0.1) is 0 Å². The van der Waals surface area contributed by atoms with Crippen LogP contribution in [0.4, 0.5) is 4.39 Å². The SMILES string of the molecule is Cc1cc(C(=O)N(CCC(=O)NCc2ccc(F)cc2)CC(C)C)c(C)o1. The van der Waals surface area contributed by atoms with Gasteiger partial charge in [-0.05, 0) is 43.5 Å². The highest BCUT2D eigenvalue weighted by Gasteiger charge is 2.21. The number of rotatable bonds is 8. The fraction of sp³-hybridized carbons (Fsp3) is 0.429. The van der Waals surface area contributed by atoms with Gasteiger partial charge in [0, 0.05) is 26.1 Å². The van der Waals surface area contributed by atoms with Gasteiger partial charge in [0.2, 0.25) is 5.91 Å². The van der Waals surface area contributed by atoms with Crippen LogP contribution < -0.4 is 5.32 Å². The Bertz CT molecular complexity index is 781. The molecule has 0 saturated heterocycles. The molecule has 1 heterocycles. The third-order valence-electron chi connectivity index (χ3n) is 4.16. The maximum Gasteiger partial charge on any atom is 0.257 e. The minimum atomic E-state index is -0.308. The first-order chi connectivity index (χ1) is 12.8. The Morgan fingerprint density at radius 1 is 1.19 bits per heavy atom. The van der Waals surface area contributed by atoms with Crippen molar-refractivity contribution in [1.29, 1.82) is 0 Å². The summed E-state index contributed by atoms with van der Waals surface area (Å²) >= 11 is 0. The average molecular weight is 374 g/mol. The molecule has 1 N–H and O–H groups in total. The van der Waals surface area contributed by atoms with Crippen LogP contribution in [0.15, 0.2) is 34.7 Å². The first kappa shape index (κ1) is 20.7. The van der Waals surface area contributed by atoms with Crippen LogP contribution in [0.5, 0.6) is 0 Å². The summed E-state index contributed by atoms with van der Waals surface area (Å²) in [4.78, 5) is 26.7. The summed E-state index contributed by atoms with van der Waals surface area (Å²) in [5, 5.41) is 2.80. The Hall–Kier alpha value is -2.63. The molecule has 0 fully saturated rings. The number of hydrogen-bond acceptors (Lipinski definition) is 3. The number of halogens is 1. The predicted octanol–water partition coefficient (Wildman–Crippen LogP) is 3.84. The molecule has 2 rings (SSSR count). The fourth-order valence-electron chi connectivity index (χ4n) is 2.86. The molecular weight excluding hydrogens is 347 g/mol. The zero-order chi connectivity index (χ0) is 20.0. The van der Waals surface area contributed by atoms with Crippen LogP contribution in [0.3, 0.4) is 0 Å². The van der Waals surface area contributed by atoms with E-state index in [2.05, 4.69) is 5.32 Å². The third kappa shape index (κ3) is 6.24. The van der Waals surface area contributed by atoms with E-state index in [4.69, 9.17) is 4.42 Å². The van der Waals surface area contributed by atoms with Gasteiger partial charge in [0.25, 0.3) is 5.91 Å². The van der Waals surface area contributed by atoms with Crippen molar-refractivity contribution in [2.24, 2.45) is 5.92 Å². The van der Waals surface area contributed by atoms with Gasteiger partial charge < -0.3 is 14.6 Å². The van der Waals surface area contributed by atoms with E-state index in [0.717, 1.165) is 5.56 Å².